The van der Waals surface area contributed by atoms with Gasteiger partial charge in [-0.3, -0.25) is 0 Å². The maximum Gasteiger partial charge on any atom is 0.508 e. The average Bonchev–Trinajstić information content (AvgIpc) is 3.42. The third-order valence-corrected chi connectivity index (χ3v) is 14.5. The van der Waals surface area contributed by atoms with Crippen molar-refractivity contribution in [3.05, 3.63) is 11.6 Å². The monoisotopic (exact) mass is 669 g/mol. The predicted octanol–water partition coefficient (Wildman–Crippen LogP) is 14.4. The molecule has 0 aromatic rings. The molecule has 3 nitrogen and oxygen atoms in total. The minimum Gasteiger partial charge on any atom is -0.434 e. The molecular formula is C45H80O3. The van der Waals surface area contributed by atoms with Crippen molar-refractivity contribution in [2.75, 3.05) is 6.61 Å². The fraction of sp³-hybridized carbons (Fsp3) is 0.933. The first-order chi connectivity index (χ1) is 23.2. The molecule has 0 aromatic heterocycles. The number of hydrogen-bond acceptors (Lipinski definition) is 3. The maximum atomic E-state index is 12.6. The van der Waals surface area contributed by atoms with E-state index >= 15 is 0 Å². The lowest BCUT2D eigenvalue weighted by Gasteiger charge is -2.58. The largest absolute Gasteiger partial charge is 0.508 e. The second-order valence-electron chi connectivity index (χ2n) is 18.3. The zero-order chi connectivity index (χ0) is 34.4. The Morgan fingerprint density at radius 2 is 1.38 bits per heavy atom. The van der Waals surface area contributed by atoms with Crippen LogP contribution in [-0.2, 0) is 9.47 Å². The van der Waals surface area contributed by atoms with Crippen LogP contribution < -0.4 is 0 Å². The standard InChI is InChI=1S/C45H80O3/c1-7-8-9-10-11-12-13-14-15-16-17-18-19-20-21-33-47-43(46)48-38-29-31-44(5)37(34-38)25-26-39-41-28-27-40(36(4)24-22-23-35(2)3)45(41,6)32-30-42(39)44/h25,35-36,38-42H,7-24,26-34H2,1-6H3/t36-,38+,39-,40+,41-,42-,44-,45+/m0/s1. The van der Waals surface area contributed by atoms with Crippen LogP contribution in [0.5, 0.6) is 0 Å². The van der Waals surface area contributed by atoms with Crippen molar-refractivity contribution in [1.29, 1.82) is 0 Å². The normalized spacial score (nSPS) is 31.9. The van der Waals surface area contributed by atoms with Crippen molar-refractivity contribution in [1.82, 2.24) is 0 Å². The van der Waals surface area contributed by atoms with Gasteiger partial charge in [0.1, 0.15) is 6.10 Å². The van der Waals surface area contributed by atoms with Gasteiger partial charge < -0.3 is 9.47 Å². The van der Waals surface area contributed by atoms with Crippen molar-refractivity contribution in [2.24, 2.45) is 46.3 Å². The summed E-state index contributed by atoms with van der Waals surface area (Å²) in [4.78, 5) is 12.6. The fourth-order valence-corrected chi connectivity index (χ4v) is 11.6. The number of carbonyl (C=O) groups is 1. The molecular weight excluding hydrogens is 588 g/mol. The van der Waals surface area contributed by atoms with Gasteiger partial charge in [-0.2, -0.15) is 0 Å². The molecule has 0 amide bonds. The van der Waals surface area contributed by atoms with Crippen LogP contribution in [0.3, 0.4) is 0 Å². The molecule has 8 atom stereocenters. The molecule has 48 heavy (non-hydrogen) atoms. The van der Waals surface area contributed by atoms with E-state index in [1.54, 1.807) is 5.57 Å². The van der Waals surface area contributed by atoms with E-state index in [4.69, 9.17) is 9.47 Å². The van der Waals surface area contributed by atoms with E-state index in [-0.39, 0.29) is 6.10 Å². The van der Waals surface area contributed by atoms with Crippen molar-refractivity contribution in [3.8, 4) is 0 Å². The lowest BCUT2D eigenvalue weighted by Crippen LogP contribution is -2.51. The van der Waals surface area contributed by atoms with E-state index < -0.39 is 6.16 Å². The topological polar surface area (TPSA) is 35.5 Å². The quantitative estimate of drug-likeness (QED) is 0.0654. The van der Waals surface area contributed by atoms with Crippen molar-refractivity contribution in [2.45, 2.75) is 215 Å². The molecule has 3 heteroatoms. The van der Waals surface area contributed by atoms with Gasteiger partial charge in [0.05, 0.1) is 6.61 Å². The van der Waals surface area contributed by atoms with Crippen LogP contribution in [0.15, 0.2) is 11.6 Å². The molecule has 4 aliphatic carbocycles. The zero-order valence-electron chi connectivity index (χ0n) is 32.9. The minimum absolute atomic E-state index is 0.00848. The first kappa shape index (κ1) is 39.8. The highest BCUT2D eigenvalue weighted by atomic mass is 16.7. The Morgan fingerprint density at radius 1 is 0.750 bits per heavy atom. The molecule has 4 aliphatic rings. The summed E-state index contributed by atoms with van der Waals surface area (Å²) in [5.74, 6) is 5.17. The highest BCUT2D eigenvalue weighted by Crippen LogP contribution is 2.67. The fourth-order valence-electron chi connectivity index (χ4n) is 11.6. The van der Waals surface area contributed by atoms with E-state index in [1.165, 1.54) is 135 Å². The molecule has 0 unspecified atom stereocenters. The Morgan fingerprint density at radius 3 is 2.00 bits per heavy atom. The van der Waals surface area contributed by atoms with Gasteiger partial charge in [0.25, 0.3) is 0 Å². The lowest BCUT2D eigenvalue weighted by atomic mass is 9.47. The van der Waals surface area contributed by atoms with Crippen LogP contribution >= 0.6 is 0 Å². The molecule has 0 heterocycles. The van der Waals surface area contributed by atoms with Crippen LogP contribution in [0.2, 0.25) is 0 Å². The number of fused-ring (bicyclic) bond motifs is 5. The third-order valence-electron chi connectivity index (χ3n) is 14.5. The summed E-state index contributed by atoms with van der Waals surface area (Å²) in [5, 5.41) is 0. The summed E-state index contributed by atoms with van der Waals surface area (Å²) in [7, 11) is 0. The van der Waals surface area contributed by atoms with Gasteiger partial charge in [-0.05, 0) is 97.7 Å². The van der Waals surface area contributed by atoms with Crippen LogP contribution in [-0.4, -0.2) is 18.9 Å². The molecule has 0 aliphatic heterocycles. The molecule has 4 rings (SSSR count). The number of rotatable bonds is 22. The molecule has 0 radical (unpaired) electrons. The van der Waals surface area contributed by atoms with Gasteiger partial charge in [-0.15, -0.1) is 0 Å². The van der Waals surface area contributed by atoms with Crippen molar-refractivity contribution < 1.29 is 14.3 Å². The number of unbranched alkanes of at least 4 members (excludes halogenated alkanes) is 14. The lowest BCUT2D eigenvalue weighted by molar-refractivity contribution is -0.0617. The average molecular weight is 669 g/mol. The van der Waals surface area contributed by atoms with Gasteiger partial charge in [0.2, 0.25) is 0 Å². The molecule has 278 valence electrons. The molecule has 3 saturated carbocycles. The Hall–Kier alpha value is -0.990. The molecule has 0 spiro atoms. The Bertz CT molecular complexity index is 954. The Kier molecular flexibility index (Phi) is 16.7. The van der Waals surface area contributed by atoms with Gasteiger partial charge in [-0.25, -0.2) is 4.79 Å². The summed E-state index contributed by atoms with van der Waals surface area (Å²) in [6.45, 7) is 15.4. The van der Waals surface area contributed by atoms with Gasteiger partial charge >= 0.3 is 6.16 Å². The molecule has 0 N–H and O–H groups in total. The number of hydrogen-bond donors (Lipinski definition) is 0. The molecule has 3 fully saturated rings. The number of allylic oxidation sites excluding steroid dienone is 1. The van der Waals surface area contributed by atoms with Gasteiger partial charge in [-0.1, -0.05) is 162 Å². The summed E-state index contributed by atoms with van der Waals surface area (Å²) in [5.41, 5.74) is 2.43. The van der Waals surface area contributed by atoms with E-state index in [9.17, 15) is 4.79 Å². The summed E-state index contributed by atoms with van der Waals surface area (Å²) in [6, 6.07) is 0. The molecule has 0 aromatic carbocycles. The third kappa shape index (κ3) is 11.0. The first-order valence-electron chi connectivity index (χ1n) is 21.7. The van der Waals surface area contributed by atoms with Gasteiger partial charge in [0, 0.05) is 6.42 Å². The van der Waals surface area contributed by atoms with E-state index in [1.807, 2.05) is 0 Å². The highest BCUT2D eigenvalue weighted by molar-refractivity contribution is 5.60. The van der Waals surface area contributed by atoms with Crippen LogP contribution in [0.25, 0.3) is 0 Å². The van der Waals surface area contributed by atoms with E-state index in [2.05, 4.69) is 47.6 Å². The second-order valence-corrected chi connectivity index (χ2v) is 18.3. The summed E-state index contributed by atoms with van der Waals surface area (Å²) in [6.07, 6.45) is 36.6. The van der Waals surface area contributed by atoms with Crippen LogP contribution in [0.4, 0.5) is 4.79 Å². The van der Waals surface area contributed by atoms with Crippen LogP contribution in [0, 0.1) is 46.3 Å². The Labute approximate surface area is 298 Å². The summed E-state index contributed by atoms with van der Waals surface area (Å²) >= 11 is 0. The SMILES string of the molecule is CCCCCCCCCCCCCCCCCOC(=O)O[C@@H]1CC[C@@]2(C)C(=CC[C@H]3[C@@H]4CC[C@H]([C@@H](C)CCCC(C)C)[C@@]4(C)CC[C@@H]32)C1. The maximum absolute atomic E-state index is 12.6. The van der Waals surface area contributed by atoms with Crippen LogP contribution in [0.1, 0.15) is 208 Å². The first-order valence-corrected chi connectivity index (χ1v) is 21.7. The van der Waals surface area contributed by atoms with E-state index in [0.717, 1.165) is 67.6 Å². The molecule has 0 saturated heterocycles. The van der Waals surface area contributed by atoms with Crippen molar-refractivity contribution in [3.63, 3.8) is 0 Å². The Balaban J connectivity index is 1.08. The minimum atomic E-state index is -0.434. The zero-order valence-corrected chi connectivity index (χ0v) is 32.9. The molecule has 0 bridgehead atoms. The highest BCUT2D eigenvalue weighted by Gasteiger charge is 2.59. The van der Waals surface area contributed by atoms with Crippen molar-refractivity contribution >= 4 is 6.16 Å². The van der Waals surface area contributed by atoms with Gasteiger partial charge in [0.15, 0.2) is 0 Å². The summed E-state index contributed by atoms with van der Waals surface area (Å²) < 4.78 is 11.5. The predicted molar refractivity (Wildman–Crippen MR) is 204 cm³/mol. The number of ether oxygens (including phenoxy) is 2. The smallest absolute Gasteiger partial charge is 0.434 e. The number of carbonyl (C=O) groups excluding carboxylic acids is 1. The van der Waals surface area contributed by atoms with E-state index in [0.29, 0.717) is 17.4 Å². The second kappa shape index (κ2) is 20.2.